The molecule has 55 heavy (non-hydrogen) atoms. The first kappa shape index (κ1) is 38.3. The molecule has 2 nitrogen and oxygen atoms in total. The van der Waals surface area contributed by atoms with Crippen LogP contribution in [0.15, 0.2) is 194 Å². The van der Waals surface area contributed by atoms with Gasteiger partial charge in [0.25, 0.3) is 0 Å². The van der Waals surface area contributed by atoms with Gasteiger partial charge in [0.1, 0.15) is 0 Å². The van der Waals surface area contributed by atoms with Gasteiger partial charge < -0.3 is 9.47 Å². The maximum atomic E-state index is 3.96. The number of benzene rings is 6. The second-order valence-electron chi connectivity index (χ2n) is 13.2. The van der Waals surface area contributed by atoms with Gasteiger partial charge in [-0.2, -0.15) is 0 Å². The van der Waals surface area contributed by atoms with Gasteiger partial charge in [-0.25, -0.2) is 0 Å². The summed E-state index contributed by atoms with van der Waals surface area (Å²) in [4.78, 5) is 2.22. The molecule has 0 saturated carbocycles. The van der Waals surface area contributed by atoms with Crippen molar-refractivity contribution in [3.63, 3.8) is 0 Å². The zero-order valence-corrected chi connectivity index (χ0v) is 33.1. The lowest BCUT2D eigenvalue weighted by atomic mass is 9.92. The summed E-state index contributed by atoms with van der Waals surface area (Å²) in [6, 6.07) is 51.0. The van der Waals surface area contributed by atoms with Crippen LogP contribution in [0.2, 0.25) is 0 Å². The highest BCUT2D eigenvalue weighted by Crippen LogP contribution is 2.40. The van der Waals surface area contributed by atoms with Gasteiger partial charge in [-0.3, -0.25) is 0 Å². The molecule has 0 amide bonds. The first-order chi connectivity index (χ1) is 27.1. The molecular weight excluding hydrogens is 665 g/mol. The fourth-order valence-electron chi connectivity index (χ4n) is 7.43. The minimum Gasteiger partial charge on any atom is -0.345 e. The van der Waals surface area contributed by atoms with Crippen LogP contribution in [0.5, 0.6) is 0 Å². The summed E-state index contributed by atoms with van der Waals surface area (Å²) in [6.07, 6.45) is 15.7. The molecule has 0 unspecified atom stereocenters. The third kappa shape index (κ3) is 7.95. The Balaban J connectivity index is 0.00000253. The van der Waals surface area contributed by atoms with Crippen molar-refractivity contribution in [2.45, 2.75) is 41.0 Å². The van der Waals surface area contributed by atoms with E-state index in [1.165, 1.54) is 66.3 Å². The van der Waals surface area contributed by atoms with Crippen molar-refractivity contribution in [2.24, 2.45) is 0 Å². The van der Waals surface area contributed by atoms with E-state index in [0.717, 1.165) is 23.5 Å². The van der Waals surface area contributed by atoms with Gasteiger partial charge in [-0.1, -0.05) is 141 Å². The van der Waals surface area contributed by atoms with Gasteiger partial charge in [0.05, 0.1) is 11.0 Å². The largest absolute Gasteiger partial charge is 0.345 e. The normalized spacial score (nSPS) is 12.0. The number of nitrogens with zero attached hydrogens (tertiary/aromatic N) is 2. The molecule has 0 atom stereocenters. The first-order valence-electron chi connectivity index (χ1n) is 19.5. The van der Waals surface area contributed by atoms with Crippen LogP contribution in [-0.4, -0.2) is 11.6 Å². The fourth-order valence-corrected chi connectivity index (χ4v) is 7.43. The van der Waals surface area contributed by atoms with E-state index in [0.29, 0.717) is 0 Å². The number of fused-ring (bicyclic) bond motifs is 3. The van der Waals surface area contributed by atoms with Gasteiger partial charge in [-0.05, 0) is 126 Å². The number of anilines is 1. The van der Waals surface area contributed by atoms with E-state index in [4.69, 9.17) is 0 Å². The third-order valence-corrected chi connectivity index (χ3v) is 10.0. The number of hydrogen-bond donors (Lipinski definition) is 0. The summed E-state index contributed by atoms with van der Waals surface area (Å²) in [5.74, 6) is 0. The Morgan fingerprint density at radius 3 is 1.73 bits per heavy atom. The van der Waals surface area contributed by atoms with Crippen molar-refractivity contribution in [1.82, 2.24) is 4.57 Å². The van der Waals surface area contributed by atoms with Gasteiger partial charge in [-0.15, -0.1) is 6.58 Å². The summed E-state index contributed by atoms with van der Waals surface area (Å²) in [7, 11) is 2.12. The molecule has 7 aromatic rings. The molecular formula is C53H52N2. The van der Waals surface area contributed by atoms with Crippen LogP contribution in [0.1, 0.15) is 46.6 Å². The molecule has 0 radical (unpaired) electrons. The molecule has 6 aromatic carbocycles. The first-order valence-corrected chi connectivity index (χ1v) is 19.5. The fraction of sp³-hybridized carbons (Fsp3) is 0.132. The molecule has 1 heterocycles. The van der Waals surface area contributed by atoms with Gasteiger partial charge in [0, 0.05) is 34.9 Å². The average Bonchev–Trinajstić information content (AvgIpc) is 3.58. The van der Waals surface area contributed by atoms with Crippen molar-refractivity contribution < 1.29 is 0 Å². The van der Waals surface area contributed by atoms with Crippen LogP contribution < -0.4 is 4.90 Å². The van der Waals surface area contributed by atoms with E-state index in [-0.39, 0.29) is 0 Å². The highest BCUT2D eigenvalue weighted by Gasteiger charge is 2.17. The molecule has 0 saturated heterocycles. The Kier molecular flexibility index (Phi) is 12.6. The predicted octanol–water partition coefficient (Wildman–Crippen LogP) is 15.3. The van der Waals surface area contributed by atoms with E-state index in [1.807, 2.05) is 19.9 Å². The Hall–Kier alpha value is -6.38. The maximum Gasteiger partial charge on any atom is 0.0541 e. The number of rotatable bonds is 11. The molecule has 0 N–H and O–H groups in total. The monoisotopic (exact) mass is 716 g/mol. The van der Waals surface area contributed by atoms with Gasteiger partial charge in [0.15, 0.2) is 0 Å². The number of aromatic nitrogens is 1. The molecule has 0 aliphatic rings. The Morgan fingerprint density at radius 1 is 0.600 bits per heavy atom. The van der Waals surface area contributed by atoms with Gasteiger partial charge in [0.2, 0.25) is 0 Å². The minimum absolute atomic E-state index is 0.813. The van der Waals surface area contributed by atoms with Crippen LogP contribution in [0.4, 0.5) is 5.69 Å². The van der Waals surface area contributed by atoms with Crippen molar-refractivity contribution in [3.8, 4) is 39.1 Å². The lowest BCUT2D eigenvalue weighted by Gasteiger charge is -2.21. The number of likely N-dealkylation sites (N-methyl/N-ethyl adjacent to an activating group) is 1. The second-order valence-corrected chi connectivity index (χ2v) is 13.2. The molecule has 0 spiro atoms. The van der Waals surface area contributed by atoms with E-state index in [2.05, 4.69) is 220 Å². The van der Waals surface area contributed by atoms with Crippen LogP contribution in [0, 0.1) is 0 Å². The van der Waals surface area contributed by atoms with Crippen LogP contribution in [0.3, 0.4) is 0 Å². The molecule has 0 aliphatic carbocycles. The SMILES string of the molecule is C=CCC=C(/C=C\C)c1ccccc1-c1ccc2c(c1)c1cc(-c3ccccc3-c3ccccc3)ccc1n2-c1ccc(N(C)C(/C=C\C)=C/C)cc1.CC. The summed E-state index contributed by atoms with van der Waals surface area (Å²) in [5, 5.41) is 2.44. The zero-order valence-electron chi connectivity index (χ0n) is 33.1. The maximum absolute atomic E-state index is 3.96. The quantitative estimate of drug-likeness (QED) is 0.0956. The van der Waals surface area contributed by atoms with E-state index in [9.17, 15) is 0 Å². The van der Waals surface area contributed by atoms with E-state index in [1.54, 1.807) is 0 Å². The van der Waals surface area contributed by atoms with Gasteiger partial charge >= 0.3 is 0 Å². The predicted molar refractivity (Wildman–Crippen MR) is 243 cm³/mol. The van der Waals surface area contributed by atoms with Crippen LogP contribution >= 0.6 is 0 Å². The third-order valence-electron chi connectivity index (χ3n) is 10.0. The molecule has 1 aromatic heterocycles. The Labute approximate surface area is 328 Å². The molecule has 7 rings (SSSR count). The second kappa shape index (κ2) is 18.1. The molecule has 0 aliphatic heterocycles. The van der Waals surface area contributed by atoms with Crippen molar-refractivity contribution in [1.29, 1.82) is 0 Å². The van der Waals surface area contributed by atoms with Crippen LogP contribution in [0.25, 0.3) is 66.4 Å². The summed E-state index contributed by atoms with van der Waals surface area (Å²) in [6.45, 7) is 14.2. The molecule has 274 valence electrons. The van der Waals surface area contributed by atoms with Crippen molar-refractivity contribution in [2.75, 3.05) is 11.9 Å². The summed E-state index contributed by atoms with van der Waals surface area (Å²) in [5.41, 5.74) is 15.5. The van der Waals surface area contributed by atoms with E-state index >= 15 is 0 Å². The average molecular weight is 717 g/mol. The Morgan fingerprint density at radius 2 is 1.15 bits per heavy atom. The highest BCUT2D eigenvalue weighted by atomic mass is 15.1. The topological polar surface area (TPSA) is 8.17 Å². The molecule has 0 bridgehead atoms. The minimum atomic E-state index is 0.813. The molecule has 2 heteroatoms. The van der Waals surface area contributed by atoms with Crippen molar-refractivity contribution in [3.05, 3.63) is 200 Å². The summed E-state index contributed by atoms with van der Waals surface area (Å²) < 4.78 is 2.41. The standard InChI is InChI=1S/C51H46N2.C2H6/c1-6-10-20-37(18-7-2)44-23-14-16-25-46(44)39-27-33-50-48(35-39)49-36-40(47-26-17-15-24-45(47)38-21-12-11-13-22-38)28-34-51(49)53(50)43-31-29-42(30-32-43)52(5)41(9-4)19-8-3;1-2/h6-9,11-36H,1,10H2,2-5H3;1-2H3/b18-7-,19-8-,37-20?,41-9+;. The highest BCUT2D eigenvalue weighted by molar-refractivity contribution is 6.12. The zero-order chi connectivity index (χ0) is 38.7. The number of hydrogen-bond acceptors (Lipinski definition) is 1. The lowest BCUT2D eigenvalue weighted by molar-refractivity contribution is 1.12. The number of allylic oxidation sites excluding steroid dienone is 8. The van der Waals surface area contributed by atoms with Crippen LogP contribution in [-0.2, 0) is 0 Å². The van der Waals surface area contributed by atoms with Crippen molar-refractivity contribution >= 4 is 33.1 Å². The Bertz CT molecular complexity index is 2520. The summed E-state index contributed by atoms with van der Waals surface area (Å²) >= 11 is 0. The molecule has 0 fully saturated rings. The smallest absolute Gasteiger partial charge is 0.0541 e. The lowest BCUT2D eigenvalue weighted by Crippen LogP contribution is -2.14. The van der Waals surface area contributed by atoms with E-state index < -0.39 is 0 Å².